The number of carbonyl (C=O) groups is 1. The first-order chi connectivity index (χ1) is 12.1. The van der Waals surface area contributed by atoms with E-state index in [1.807, 2.05) is 48.4 Å². The van der Waals surface area contributed by atoms with Crippen molar-refractivity contribution < 1.29 is 4.79 Å². The van der Waals surface area contributed by atoms with Crippen LogP contribution >= 0.6 is 11.8 Å². The van der Waals surface area contributed by atoms with Gasteiger partial charge in [-0.3, -0.25) is 9.59 Å². The van der Waals surface area contributed by atoms with Crippen molar-refractivity contribution in [2.24, 2.45) is 0 Å². The summed E-state index contributed by atoms with van der Waals surface area (Å²) in [6, 6.07) is 10.4. The molecule has 1 heterocycles. The van der Waals surface area contributed by atoms with Gasteiger partial charge in [-0.1, -0.05) is 42.1 Å². The average molecular weight is 357 g/mol. The van der Waals surface area contributed by atoms with Crippen molar-refractivity contribution in [3.05, 3.63) is 57.5 Å². The number of aryl methyl sites for hydroxylation is 1. The van der Waals surface area contributed by atoms with Crippen LogP contribution in [0.15, 0.2) is 40.3 Å². The summed E-state index contributed by atoms with van der Waals surface area (Å²) in [7, 11) is 0. The summed E-state index contributed by atoms with van der Waals surface area (Å²) in [6.07, 6.45) is 4.79. The zero-order valence-electron chi connectivity index (χ0n) is 14.6. The van der Waals surface area contributed by atoms with Gasteiger partial charge < -0.3 is 9.88 Å². The fourth-order valence-electron chi connectivity index (χ4n) is 2.94. The number of carbonyl (C=O) groups excluding carboxylic acids is 1. The third-order valence-corrected chi connectivity index (χ3v) is 5.07. The summed E-state index contributed by atoms with van der Waals surface area (Å²) in [5.41, 5.74) is 2.33. The lowest BCUT2D eigenvalue weighted by atomic mass is 10.1. The van der Waals surface area contributed by atoms with E-state index in [1.165, 1.54) is 11.8 Å². The minimum Gasteiger partial charge on any atom is -0.335 e. The van der Waals surface area contributed by atoms with Crippen LogP contribution in [-0.4, -0.2) is 33.1 Å². The van der Waals surface area contributed by atoms with E-state index in [2.05, 4.69) is 9.97 Å². The predicted octanol–water partition coefficient (Wildman–Crippen LogP) is 2.92. The Kier molecular flexibility index (Phi) is 5.58. The third-order valence-electron chi connectivity index (χ3n) is 4.49. The Morgan fingerprint density at radius 1 is 1.32 bits per heavy atom. The van der Waals surface area contributed by atoms with Crippen LogP contribution in [0.3, 0.4) is 0 Å². The number of amides is 1. The molecule has 3 rings (SSSR count). The number of nitrogens with one attached hydrogen (secondary N) is 1. The van der Waals surface area contributed by atoms with Gasteiger partial charge in [0.15, 0.2) is 5.16 Å². The number of aromatic nitrogens is 2. The van der Waals surface area contributed by atoms with Crippen molar-refractivity contribution in [1.29, 1.82) is 0 Å². The number of aromatic amines is 1. The molecule has 1 aromatic carbocycles. The summed E-state index contributed by atoms with van der Waals surface area (Å²) in [4.78, 5) is 34.0. The molecule has 0 spiro atoms. The molecule has 0 atom stereocenters. The third kappa shape index (κ3) is 4.51. The van der Waals surface area contributed by atoms with Crippen LogP contribution in [0.2, 0.25) is 0 Å². The van der Waals surface area contributed by atoms with Gasteiger partial charge in [0.05, 0.1) is 0 Å². The predicted molar refractivity (Wildman–Crippen MR) is 99.7 cm³/mol. The van der Waals surface area contributed by atoms with Crippen molar-refractivity contribution >= 4 is 17.7 Å². The summed E-state index contributed by atoms with van der Waals surface area (Å²) in [5, 5.41) is 0.612. The maximum Gasteiger partial charge on any atom is 0.254 e. The fourth-order valence-corrected chi connectivity index (χ4v) is 3.36. The van der Waals surface area contributed by atoms with E-state index in [0.29, 0.717) is 41.8 Å². The van der Waals surface area contributed by atoms with Crippen molar-refractivity contribution in [2.75, 3.05) is 6.26 Å². The molecule has 2 aromatic rings. The highest BCUT2D eigenvalue weighted by molar-refractivity contribution is 7.98. The molecule has 1 aliphatic rings. The van der Waals surface area contributed by atoms with Gasteiger partial charge in [-0.25, -0.2) is 4.98 Å². The molecule has 1 aromatic heterocycles. The smallest absolute Gasteiger partial charge is 0.254 e. The largest absolute Gasteiger partial charge is 0.335 e. The van der Waals surface area contributed by atoms with Gasteiger partial charge in [-0.15, -0.1) is 0 Å². The summed E-state index contributed by atoms with van der Waals surface area (Å²) in [6.45, 7) is 2.47. The lowest BCUT2D eigenvalue weighted by Crippen LogP contribution is -2.33. The Labute approximate surface area is 151 Å². The number of rotatable bonds is 7. The molecule has 0 saturated heterocycles. The van der Waals surface area contributed by atoms with Crippen molar-refractivity contribution in [3.63, 3.8) is 0 Å². The molecule has 132 valence electrons. The molecular weight excluding hydrogens is 334 g/mol. The number of hydrogen-bond donors (Lipinski definition) is 1. The van der Waals surface area contributed by atoms with Crippen LogP contribution in [-0.2, 0) is 17.8 Å². The quantitative estimate of drug-likeness (QED) is 0.611. The van der Waals surface area contributed by atoms with Crippen LogP contribution in [0.5, 0.6) is 0 Å². The zero-order chi connectivity index (χ0) is 17.8. The second-order valence-electron chi connectivity index (χ2n) is 6.38. The molecule has 0 unspecified atom stereocenters. The van der Waals surface area contributed by atoms with Crippen LogP contribution in [0.1, 0.15) is 36.1 Å². The summed E-state index contributed by atoms with van der Waals surface area (Å²) < 4.78 is 0. The molecule has 1 fully saturated rings. The van der Waals surface area contributed by atoms with E-state index in [0.717, 1.165) is 18.4 Å². The standard InChI is InChI=1S/C19H23N3O2S/c1-13-16(18(24)21-19(20-13)25-2)10-11-17(23)22(15-8-9-15)12-14-6-4-3-5-7-14/h3-7,15H,8-12H2,1-2H3,(H,20,21,24). The molecule has 0 radical (unpaired) electrons. The Morgan fingerprint density at radius 3 is 2.64 bits per heavy atom. The Balaban J connectivity index is 1.67. The van der Waals surface area contributed by atoms with Crippen LogP contribution in [0, 0.1) is 6.92 Å². The lowest BCUT2D eigenvalue weighted by molar-refractivity contribution is -0.132. The Bertz CT molecular complexity index is 800. The van der Waals surface area contributed by atoms with E-state index in [-0.39, 0.29) is 11.5 Å². The second-order valence-corrected chi connectivity index (χ2v) is 7.17. The second kappa shape index (κ2) is 7.87. The number of thioether (sulfide) groups is 1. The number of hydrogen-bond acceptors (Lipinski definition) is 4. The number of benzene rings is 1. The van der Waals surface area contributed by atoms with Gasteiger partial charge in [-0.2, -0.15) is 0 Å². The molecule has 1 N–H and O–H groups in total. The topological polar surface area (TPSA) is 66.1 Å². The van der Waals surface area contributed by atoms with E-state index < -0.39 is 0 Å². The fraction of sp³-hybridized carbons (Fsp3) is 0.421. The first kappa shape index (κ1) is 17.7. The van der Waals surface area contributed by atoms with Crippen LogP contribution in [0.4, 0.5) is 0 Å². The van der Waals surface area contributed by atoms with Crippen molar-refractivity contribution in [3.8, 4) is 0 Å². The SMILES string of the molecule is CSc1nc(C)c(CCC(=O)N(Cc2ccccc2)C2CC2)c(=O)[nH]1. The monoisotopic (exact) mass is 357 g/mol. The van der Waals surface area contributed by atoms with Crippen molar-refractivity contribution in [2.45, 2.75) is 50.4 Å². The molecule has 5 nitrogen and oxygen atoms in total. The number of nitrogens with zero attached hydrogens (tertiary/aromatic N) is 2. The van der Waals surface area contributed by atoms with Crippen molar-refractivity contribution in [1.82, 2.24) is 14.9 Å². The van der Waals surface area contributed by atoms with Gasteiger partial charge in [0, 0.05) is 30.3 Å². The van der Waals surface area contributed by atoms with Crippen LogP contribution < -0.4 is 5.56 Å². The Morgan fingerprint density at radius 2 is 2.04 bits per heavy atom. The molecule has 0 aliphatic heterocycles. The maximum atomic E-state index is 12.7. The first-order valence-electron chi connectivity index (χ1n) is 8.55. The van der Waals surface area contributed by atoms with Gasteiger partial charge in [0.2, 0.25) is 5.91 Å². The lowest BCUT2D eigenvalue weighted by Gasteiger charge is -2.22. The minimum atomic E-state index is -0.134. The first-order valence-corrected chi connectivity index (χ1v) is 9.78. The molecule has 25 heavy (non-hydrogen) atoms. The molecule has 1 aliphatic carbocycles. The molecular formula is C19H23N3O2S. The minimum absolute atomic E-state index is 0.110. The normalized spacial score (nSPS) is 13.7. The van der Waals surface area contributed by atoms with E-state index >= 15 is 0 Å². The highest BCUT2D eigenvalue weighted by atomic mass is 32.2. The maximum absolute atomic E-state index is 12.7. The van der Waals surface area contributed by atoms with E-state index in [1.54, 1.807) is 0 Å². The number of H-pyrrole nitrogens is 1. The molecule has 1 amide bonds. The van der Waals surface area contributed by atoms with Gasteiger partial charge in [0.1, 0.15) is 0 Å². The van der Waals surface area contributed by atoms with Gasteiger partial charge >= 0.3 is 0 Å². The highest BCUT2D eigenvalue weighted by Gasteiger charge is 2.32. The Hall–Kier alpha value is -2.08. The van der Waals surface area contributed by atoms with Crippen LogP contribution in [0.25, 0.3) is 0 Å². The zero-order valence-corrected chi connectivity index (χ0v) is 15.4. The van der Waals surface area contributed by atoms with E-state index in [4.69, 9.17) is 0 Å². The molecule has 1 saturated carbocycles. The average Bonchev–Trinajstić information content (AvgIpc) is 3.44. The van der Waals surface area contributed by atoms with Gasteiger partial charge in [0.25, 0.3) is 5.56 Å². The van der Waals surface area contributed by atoms with E-state index in [9.17, 15) is 9.59 Å². The molecule has 0 bridgehead atoms. The van der Waals surface area contributed by atoms with Gasteiger partial charge in [-0.05, 0) is 38.0 Å². The highest BCUT2D eigenvalue weighted by Crippen LogP contribution is 2.29. The summed E-state index contributed by atoms with van der Waals surface area (Å²) >= 11 is 1.41. The molecule has 6 heteroatoms. The summed E-state index contributed by atoms with van der Waals surface area (Å²) in [5.74, 6) is 0.110.